The number of hydrogen-bond donors (Lipinski definition) is 5. The average molecular weight is 900 g/mol. The van der Waals surface area contributed by atoms with Gasteiger partial charge in [-0.05, 0) is 119 Å². The number of ketones is 4. The topological polar surface area (TPSA) is 215 Å². The van der Waals surface area contributed by atoms with Gasteiger partial charge < -0.3 is 44.7 Å². The van der Waals surface area contributed by atoms with E-state index in [-0.39, 0.29) is 62.3 Å². The Labute approximate surface area is 377 Å². The fourth-order valence-corrected chi connectivity index (χ4v) is 7.70. The molecular formula is C50H42ClNO13. The lowest BCUT2D eigenvalue weighted by atomic mass is 9.58. The summed E-state index contributed by atoms with van der Waals surface area (Å²) in [5.41, 5.74) is -1.35. The van der Waals surface area contributed by atoms with E-state index < -0.39 is 46.3 Å². The quantitative estimate of drug-likeness (QED) is 0.0421. The second kappa shape index (κ2) is 19.9. The predicted molar refractivity (Wildman–Crippen MR) is 244 cm³/mol. The maximum Gasteiger partial charge on any atom is 0.237 e. The third-order valence-corrected chi connectivity index (χ3v) is 10.9. The first kappa shape index (κ1) is 46.4. The van der Waals surface area contributed by atoms with Crippen LogP contribution in [0.25, 0.3) is 24.3 Å². The number of carbonyl (C=O) groups is 5. The summed E-state index contributed by atoms with van der Waals surface area (Å²) in [4.78, 5) is 75.3. The van der Waals surface area contributed by atoms with Crippen LogP contribution in [0.3, 0.4) is 0 Å². The fraction of sp³-hybridized carbons (Fsp3) is 0.140. The lowest BCUT2D eigenvalue weighted by Gasteiger charge is -2.38. The lowest BCUT2D eigenvalue weighted by Crippen LogP contribution is -2.57. The normalized spacial score (nSPS) is 13.2. The van der Waals surface area contributed by atoms with Crippen LogP contribution in [0, 0.1) is 11.8 Å². The van der Waals surface area contributed by atoms with Crippen LogP contribution in [0.2, 0.25) is 5.02 Å². The Bertz CT molecular complexity index is 2520. The second-order valence-corrected chi connectivity index (χ2v) is 15.0. The number of amides is 1. The van der Waals surface area contributed by atoms with Gasteiger partial charge in [-0.2, -0.15) is 0 Å². The van der Waals surface area contributed by atoms with Crippen LogP contribution in [0.5, 0.6) is 46.0 Å². The molecule has 14 nitrogen and oxygen atoms in total. The van der Waals surface area contributed by atoms with Gasteiger partial charge in [0.15, 0.2) is 69.1 Å². The Hall–Kier alpha value is -8.10. The van der Waals surface area contributed by atoms with Crippen LogP contribution >= 0.6 is 11.6 Å². The van der Waals surface area contributed by atoms with Crippen molar-refractivity contribution in [3.05, 3.63) is 148 Å². The van der Waals surface area contributed by atoms with Gasteiger partial charge in [-0.3, -0.25) is 24.0 Å². The molecule has 15 heteroatoms. The van der Waals surface area contributed by atoms with Crippen molar-refractivity contribution < 1.29 is 63.3 Å². The van der Waals surface area contributed by atoms with Gasteiger partial charge in [-0.15, -0.1) is 0 Å². The van der Waals surface area contributed by atoms with E-state index in [4.69, 9.17) is 30.5 Å². The molecule has 0 saturated carbocycles. The summed E-state index contributed by atoms with van der Waals surface area (Å²) >= 11 is 6.59. The first-order valence-corrected chi connectivity index (χ1v) is 20.0. The SMILES string of the molecule is COc1cc(/C=C/C(=O)C(C(=O)/C=C/c2ccc(O)c(OC)c2)C2(C(C(=O)/C=C/c3ccc(O)c(OC)c3)C(=O)/C=C/c3ccc(O)c(OC)c3)C(=O)Nc3ccc(Cl)cc32)ccc1O. The Morgan fingerprint density at radius 1 is 0.508 bits per heavy atom. The van der Waals surface area contributed by atoms with Crippen molar-refractivity contribution in [3.63, 3.8) is 0 Å². The highest BCUT2D eigenvalue weighted by Gasteiger charge is 2.64. The minimum Gasteiger partial charge on any atom is -0.504 e. The van der Waals surface area contributed by atoms with Gasteiger partial charge in [0.05, 0.1) is 28.4 Å². The first-order valence-electron chi connectivity index (χ1n) is 19.6. The summed E-state index contributed by atoms with van der Waals surface area (Å²) in [5.74, 6) is -9.87. The molecule has 0 unspecified atom stereocenters. The van der Waals surface area contributed by atoms with E-state index in [1.165, 1.54) is 144 Å². The number of rotatable bonds is 18. The summed E-state index contributed by atoms with van der Waals surface area (Å²) in [5, 5.41) is 43.6. The molecule has 0 aliphatic carbocycles. The average Bonchev–Trinajstić information content (AvgIpc) is 3.57. The maximum absolute atomic E-state index is 15.1. The van der Waals surface area contributed by atoms with Crippen molar-refractivity contribution in [2.75, 3.05) is 33.8 Å². The molecular weight excluding hydrogens is 858 g/mol. The number of phenolic OH excluding ortho intramolecular Hbond substituents is 4. The zero-order valence-electron chi connectivity index (χ0n) is 35.3. The molecule has 0 aromatic heterocycles. The number of methoxy groups -OCH3 is 4. The number of allylic oxidation sites excluding steroid dienone is 4. The molecule has 332 valence electrons. The molecule has 6 rings (SSSR count). The summed E-state index contributed by atoms with van der Waals surface area (Å²) in [6, 6.07) is 21.0. The monoisotopic (exact) mass is 899 g/mol. The number of anilines is 1. The Morgan fingerprint density at radius 2 is 0.815 bits per heavy atom. The van der Waals surface area contributed by atoms with Crippen LogP contribution in [-0.4, -0.2) is 77.9 Å². The van der Waals surface area contributed by atoms with Gasteiger partial charge in [0.25, 0.3) is 0 Å². The summed E-state index contributed by atoms with van der Waals surface area (Å²) in [7, 11) is 5.32. The molecule has 5 aromatic rings. The van der Waals surface area contributed by atoms with Crippen LogP contribution < -0.4 is 24.3 Å². The highest BCUT2D eigenvalue weighted by atomic mass is 35.5. The van der Waals surface area contributed by atoms with E-state index in [1.54, 1.807) is 0 Å². The van der Waals surface area contributed by atoms with Gasteiger partial charge >= 0.3 is 0 Å². The van der Waals surface area contributed by atoms with Crippen LogP contribution in [-0.2, 0) is 29.4 Å². The minimum atomic E-state index is -2.65. The smallest absolute Gasteiger partial charge is 0.237 e. The number of halogens is 1. The molecule has 0 atom stereocenters. The third kappa shape index (κ3) is 9.77. The van der Waals surface area contributed by atoms with E-state index >= 15 is 24.0 Å². The molecule has 1 aliphatic heterocycles. The minimum absolute atomic E-state index is 0.0406. The number of nitrogens with one attached hydrogen (secondary N) is 1. The van der Waals surface area contributed by atoms with Crippen molar-refractivity contribution in [1.29, 1.82) is 0 Å². The number of aromatic hydroxyl groups is 4. The number of carbonyl (C=O) groups excluding carboxylic acids is 5. The van der Waals surface area contributed by atoms with Gasteiger partial charge in [-0.25, -0.2) is 0 Å². The van der Waals surface area contributed by atoms with Gasteiger partial charge in [0.2, 0.25) is 5.91 Å². The molecule has 5 aromatic carbocycles. The number of hydrogen-bond acceptors (Lipinski definition) is 13. The van der Waals surface area contributed by atoms with Crippen LogP contribution in [0.15, 0.2) is 115 Å². The zero-order chi connectivity index (χ0) is 47.0. The lowest BCUT2D eigenvalue weighted by molar-refractivity contribution is -0.144. The second-order valence-electron chi connectivity index (χ2n) is 14.5. The van der Waals surface area contributed by atoms with Crippen molar-refractivity contribution in [1.82, 2.24) is 0 Å². The molecule has 0 bridgehead atoms. The fourth-order valence-electron chi connectivity index (χ4n) is 7.52. The van der Waals surface area contributed by atoms with Gasteiger partial charge in [-0.1, -0.05) is 60.2 Å². The van der Waals surface area contributed by atoms with Gasteiger partial charge in [0, 0.05) is 10.7 Å². The van der Waals surface area contributed by atoms with E-state index in [0.29, 0.717) is 22.3 Å². The molecule has 1 aliphatic rings. The molecule has 1 amide bonds. The molecule has 65 heavy (non-hydrogen) atoms. The maximum atomic E-state index is 15.1. The molecule has 0 spiro atoms. The van der Waals surface area contributed by atoms with Crippen molar-refractivity contribution in [2.45, 2.75) is 5.41 Å². The third-order valence-electron chi connectivity index (χ3n) is 10.7. The van der Waals surface area contributed by atoms with Crippen LogP contribution in [0.4, 0.5) is 5.69 Å². The van der Waals surface area contributed by atoms with E-state index in [9.17, 15) is 20.4 Å². The van der Waals surface area contributed by atoms with Crippen molar-refractivity contribution in [2.24, 2.45) is 11.8 Å². The molecule has 0 saturated heterocycles. The van der Waals surface area contributed by atoms with E-state index in [2.05, 4.69) is 5.32 Å². The standard InChI is InChI=1S/C50H42ClNO13/c1-62-43-23-28(5-15-35(43)53)9-19-39(57)47(40(58)20-10-29-6-16-36(54)44(24-29)63-2)50(33-27-32(51)13-14-34(33)52-49(50)61)48(41(59)21-11-30-7-17-37(55)45(25-30)64-3)42(60)22-12-31-8-18-38(56)46(26-31)65-4/h5-27,47-48,53-56H,1-4H3,(H,52,61)/b19-9+,20-10+,21-11+,22-12+. The summed E-state index contributed by atoms with van der Waals surface area (Å²) < 4.78 is 20.9. The highest BCUT2D eigenvalue weighted by Crippen LogP contribution is 2.51. The Balaban J connectivity index is 1.62. The zero-order valence-corrected chi connectivity index (χ0v) is 36.0. The van der Waals surface area contributed by atoms with Crippen molar-refractivity contribution >= 4 is 70.6 Å². The molecule has 0 fully saturated rings. The van der Waals surface area contributed by atoms with Crippen molar-refractivity contribution in [3.8, 4) is 46.0 Å². The van der Waals surface area contributed by atoms with Crippen LogP contribution in [0.1, 0.15) is 27.8 Å². The number of fused-ring (bicyclic) bond motifs is 1. The Morgan fingerprint density at radius 3 is 1.11 bits per heavy atom. The molecule has 0 radical (unpaired) electrons. The molecule has 1 heterocycles. The predicted octanol–water partition coefficient (Wildman–Crippen LogP) is 7.75. The largest absolute Gasteiger partial charge is 0.504 e. The first-order chi connectivity index (χ1) is 31.1. The van der Waals surface area contributed by atoms with E-state index in [1.807, 2.05) is 0 Å². The summed E-state index contributed by atoms with van der Waals surface area (Å²) in [6.45, 7) is 0. The molecule has 5 N–H and O–H groups in total. The van der Waals surface area contributed by atoms with Gasteiger partial charge in [0.1, 0.15) is 17.3 Å². The Kier molecular flexibility index (Phi) is 14.2. The number of phenols is 4. The van der Waals surface area contributed by atoms with E-state index in [0.717, 1.165) is 24.3 Å². The number of ether oxygens (including phenoxy) is 4. The number of benzene rings is 5. The summed E-state index contributed by atoms with van der Waals surface area (Å²) in [6.07, 6.45) is 9.33. The highest BCUT2D eigenvalue weighted by molar-refractivity contribution is 6.32.